The van der Waals surface area contributed by atoms with Crippen LogP contribution in [0.1, 0.15) is 38.7 Å². The van der Waals surface area contributed by atoms with Gasteiger partial charge in [-0.25, -0.2) is 5.43 Å². The lowest BCUT2D eigenvalue weighted by atomic mass is 10.2. The normalized spacial score (nSPS) is 10.6. The first kappa shape index (κ1) is 21.9. The number of hydrazone groups is 1. The number of amides is 2. The summed E-state index contributed by atoms with van der Waals surface area (Å²) >= 11 is 0. The Morgan fingerprint density at radius 1 is 0.931 bits per heavy atom. The van der Waals surface area contributed by atoms with Crippen LogP contribution >= 0.6 is 0 Å². The van der Waals surface area contributed by atoms with Crippen LogP contribution in [-0.2, 0) is 9.59 Å². The highest BCUT2D eigenvalue weighted by atomic mass is 16.5. The molecule has 0 radical (unpaired) electrons. The Kier molecular flexibility index (Phi) is 9.21. The summed E-state index contributed by atoms with van der Waals surface area (Å²) < 4.78 is 11.2. The largest absolute Gasteiger partial charge is 0.494 e. The molecule has 0 aliphatic heterocycles. The van der Waals surface area contributed by atoms with E-state index in [2.05, 4.69) is 22.8 Å². The van der Waals surface area contributed by atoms with Crippen molar-refractivity contribution in [3.8, 4) is 11.5 Å². The van der Waals surface area contributed by atoms with Crippen molar-refractivity contribution in [1.29, 1.82) is 0 Å². The topological polar surface area (TPSA) is 89.0 Å². The molecule has 0 aliphatic carbocycles. The SMILES string of the molecule is CCCCOc1ccc(NC(=O)C(=O)N/N=C\c2ccccc2OCCC)cc1. The number of hydrogen-bond acceptors (Lipinski definition) is 5. The third-order valence-electron chi connectivity index (χ3n) is 3.84. The van der Waals surface area contributed by atoms with Gasteiger partial charge in [-0.1, -0.05) is 32.4 Å². The number of anilines is 1. The van der Waals surface area contributed by atoms with Crippen LogP contribution in [0.4, 0.5) is 5.69 Å². The first-order valence-electron chi connectivity index (χ1n) is 9.73. The van der Waals surface area contributed by atoms with E-state index in [1.54, 1.807) is 24.3 Å². The Balaban J connectivity index is 1.85. The number of para-hydroxylation sites is 1. The minimum absolute atomic E-state index is 0.496. The highest BCUT2D eigenvalue weighted by Gasteiger charge is 2.13. The van der Waals surface area contributed by atoms with E-state index in [1.165, 1.54) is 6.21 Å². The molecule has 0 bridgehead atoms. The Morgan fingerprint density at radius 2 is 1.69 bits per heavy atom. The molecule has 154 valence electrons. The minimum Gasteiger partial charge on any atom is -0.494 e. The molecule has 29 heavy (non-hydrogen) atoms. The predicted molar refractivity (Wildman–Crippen MR) is 113 cm³/mol. The number of hydrogen-bond donors (Lipinski definition) is 2. The van der Waals surface area contributed by atoms with E-state index in [0.717, 1.165) is 25.0 Å². The summed E-state index contributed by atoms with van der Waals surface area (Å²) in [7, 11) is 0. The number of benzene rings is 2. The van der Waals surface area contributed by atoms with Crippen molar-refractivity contribution in [3.05, 3.63) is 54.1 Å². The summed E-state index contributed by atoms with van der Waals surface area (Å²) in [5, 5.41) is 6.36. The van der Waals surface area contributed by atoms with Gasteiger partial charge in [0, 0.05) is 11.3 Å². The minimum atomic E-state index is -0.864. The Morgan fingerprint density at radius 3 is 2.41 bits per heavy atom. The van der Waals surface area contributed by atoms with Crippen molar-refractivity contribution in [2.24, 2.45) is 5.10 Å². The molecule has 2 N–H and O–H groups in total. The van der Waals surface area contributed by atoms with Gasteiger partial charge in [-0.3, -0.25) is 9.59 Å². The van der Waals surface area contributed by atoms with E-state index in [1.807, 2.05) is 31.2 Å². The van der Waals surface area contributed by atoms with Crippen LogP contribution in [0, 0.1) is 0 Å². The summed E-state index contributed by atoms with van der Waals surface area (Å²) in [6.07, 6.45) is 4.37. The molecular formula is C22H27N3O4. The highest BCUT2D eigenvalue weighted by Crippen LogP contribution is 2.17. The lowest BCUT2D eigenvalue weighted by Crippen LogP contribution is -2.32. The van der Waals surface area contributed by atoms with E-state index in [0.29, 0.717) is 30.2 Å². The van der Waals surface area contributed by atoms with E-state index < -0.39 is 11.8 Å². The van der Waals surface area contributed by atoms with E-state index in [9.17, 15) is 9.59 Å². The fourth-order valence-corrected chi connectivity index (χ4v) is 2.30. The maximum Gasteiger partial charge on any atom is 0.329 e. The van der Waals surface area contributed by atoms with Gasteiger partial charge in [-0.2, -0.15) is 5.10 Å². The number of rotatable bonds is 10. The zero-order valence-electron chi connectivity index (χ0n) is 16.8. The molecule has 0 atom stereocenters. The van der Waals surface area contributed by atoms with E-state index in [4.69, 9.17) is 9.47 Å². The van der Waals surface area contributed by atoms with Crippen LogP contribution in [0.25, 0.3) is 0 Å². The van der Waals surface area contributed by atoms with Crippen LogP contribution in [0.2, 0.25) is 0 Å². The van der Waals surface area contributed by atoms with Crippen molar-refractivity contribution in [1.82, 2.24) is 5.43 Å². The van der Waals surface area contributed by atoms with Gasteiger partial charge < -0.3 is 14.8 Å². The van der Waals surface area contributed by atoms with Gasteiger partial charge >= 0.3 is 11.8 Å². The van der Waals surface area contributed by atoms with Gasteiger partial charge in [0.15, 0.2) is 0 Å². The smallest absolute Gasteiger partial charge is 0.329 e. The fourth-order valence-electron chi connectivity index (χ4n) is 2.30. The molecule has 0 fully saturated rings. The standard InChI is InChI=1S/C22H27N3O4/c1-3-5-15-28-19-12-10-18(11-13-19)24-21(26)22(27)25-23-16-17-8-6-7-9-20(17)29-14-4-2/h6-13,16H,3-5,14-15H2,1-2H3,(H,24,26)(H,25,27)/b23-16-. The second-order valence-corrected chi connectivity index (χ2v) is 6.27. The van der Waals surface area contributed by atoms with Crippen molar-refractivity contribution < 1.29 is 19.1 Å². The van der Waals surface area contributed by atoms with Crippen molar-refractivity contribution in [2.75, 3.05) is 18.5 Å². The quantitative estimate of drug-likeness (QED) is 0.277. The van der Waals surface area contributed by atoms with Gasteiger partial charge in [0.2, 0.25) is 0 Å². The van der Waals surface area contributed by atoms with Crippen LogP contribution in [0.5, 0.6) is 11.5 Å². The lowest BCUT2D eigenvalue weighted by molar-refractivity contribution is -0.136. The Labute approximate surface area is 171 Å². The molecular weight excluding hydrogens is 370 g/mol. The molecule has 2 rings (SSSR count). The zero-order chi connectivity index (χ0) is 20.9. The van der Waals surface area contributed by atoms with Gasteiger partial charge in [0.1, 0.15) is 11.5 Å². The number of nitrogens with zero attached hydrogens (tertiary/aromatic N) is 1. The molecule has 7 nitrogen and oxygen atoms in total. The average molecular weight is 397 g/mol. The molecule has 2 aromatic carbocycles. The van der Waals surface area contributed by atoms with Crippen LogP contribution in [0.15, 0.2) is 53.6 Å². The molecule has 0 heterocycles. The van der Waals surface area contributed by atoms with Crippen molar-refractivity contribution in [3.63, 3.8) is 0 Å². The first-order chi connectivity index (χ1) is 14.1. The Bertz CT molecular complexity index is 819. The summed E-state index contributed by atoms with van der Waals surface area (Å²) in [6, 6.07) is 14.2. The second kappa shape index (κ2) is 12.2. The van der Waals surface area contributed by atoms with Crippen LogP contribution < -0.4 is 20.2 Å². The van der Waals surface area contributed by atoms with Gasteiger partial charge in [0.05, 0.1) is 19.4 Å². The highest BCUT2D eigenvalue weighted by molar-refractivity contribution is 6.39. The number of carbonyl (C=O) groups excluding carboxylic acids is 2. The summed E-state index contributed by atoms with van der Waals surface area (Å²) in [6.45, 7) is 5.34. The number of unbranched alkanes of at least 4 members (excludes halogenated alkanes) is 1. The molecule has 0 aromatic heterocycles. The van der Waals surface area contributed by atoms with Crippen LogP contribution in [0.3, 0.4) is 0 Å². The van der Waals surface area contributed by atoms with Crippen molar-refractivity contribution >= 4 is 23.7 Å². The summed E-state index contributed by atoms with van der Waals surface area (Å²) in [4.78, 5) is 23.9. The summed E-state index contributed by atoms with van der Waals surface area (Å²) in [5.41, 5.74) is 3.42. The predicted octanol–water partition coefficient (Wildman–Crippen LogP) is 3.74. The monoisotopic (exact) mass is 397 g/mol. The maximum atomic E-state index is 12.0. The molecule has 7 heteroatoms. The van der Waals surface area contributed by atoms with Crippen LogP contribution in [-0.4, -0.2) is 31.2 Å². The molecule has 0 saturated heterocycles. The fraction of sp³-hybridized carbons (Fsp3) is 0.318. The molecule has 2 aromatic rings. The van der Waals surface area contributed by atoms with E-state index >= 15 is 0 Å². The number of nitrogens with one attached hydrogen (secondary N) is 2. The third-order valence-corrected chi connectivity index (χ3v) is 3.84. The molecule has 0 aliphatic rings. The number of carbonyl (C=O) groups is 2. The molecule has 0 spiro atoms. The third kappa shape index (κ3) is 7.65. The van der Waals surface area contributed by atoms with Gasteiger partial charge in [0.25, 0.3) is 0 Å². The average Bonchev–Trinajstić information content (AvgIpc) is 2.74. The summed E-state index contributed by atoms with van der Waals surface area (Å²) in [5.74, 6) is -0.290. The second-order valence-electron chi connectivity index (χ2n) is 6.27. The van der Waals surface area contributed by atoms with Gasteiger partial charge in [-0.15, -0.1) is 0 Å². The maximum absolute atomic E-state index is 12.0. The van der Waals surface area contributed by atoms with Gasteiger partial charge in [-0.05, 0) is 49.2 Å². The lowest BCUT2D eigenvalue weighted by Gasteiger charge is -2.08. The molecule has 2 amide bonds. The molecule has 0 saturated carbocycles. The first-order valence-corrected chi connectivity index (χ1v) is 9.73. The van der Waals surface area contributed by atoms with E-state index in [-0.39, 0.29) is 0 Å². The Hall–Kier alpha value is -3.35. The zero-order valence-corrected chi connectivity index (χ0v) is 16.8. The van der Waals surface area contributed by atoms with Crippen molar-refractivity contribution in [2.45, 2.75) is 33.1 Å². The number of ether oxygens (including phenoxy) is 2. The molecule has 0 unspecified atom stereocenters.